The van der Waals surface area contributed by atoms with Crippen molar-refractivity contribution in [1.82, 2.24) is 4.98 Å². The topological polar surface area (TPSA) is 63.4 Å². The average Bonchev–Trinajstić information content (AvgIpc) is 3.06. The third-order valence-corrected chi connectivity index (χ3v) is 4.61. The molecule has 0 bridgehead atoms. The van der Waals surface area contributed by atoms with Gasteiger partial charge >= 0.3 is 0 Å². The molecule has 0 spiro atoms. The minimum atomic E-state index is -0.724. The maximum atomic E-state index is 13.0. The number of hydrogen-bond donors (Lipinski definition) is 2. The lowest BCUT2D eigenvalue weighted by atomic mass is 9.83. The van der Waals surface area contributed by atoms with Gasteiger partial charge in [-0.15, -0.1) is 0 Å². The number of benzene rings is 2. The first kappa shape index (κ1) is 18.8. The Bertz CT molecular complexity index is 940. The molecule has 27 heavy (non-hydrogen) atoms. The number of aromatic amines is 1. The van der Waals surface area contributed by atoms with E-state index in [1.54, 1.807) is 7.11 Å². The fourth-order valence-corrected chi connectivity index (χ4v) is 3.04. The molecule has 1 amide bonds. The number of rotatable bonds is 6. The molecule has 0 saturated carbocycles. The van der Waals surface area contributed by atoms with Gasteiger partial charge in [-0.3, -0.25) is 4.79 Å². The number of nitrogens with one attached hydrogen (secondary N) is 2. The van der Waals surface area contributed by atoms with E-state index >= 15 is 0 Å². The fraction of sp³-hybridized carbons (Fsp3) is 0.318. The molecule has 0 aliphatic heterocycles. The molecule has 2 aromatic carbocycles. The summed E-state index contributed by atoms with van der Waals surface area (Å²) in [5.74, 6) is 1.47. The number of carbonyl (C=O) groups excluding carboxylic acids is 1. The minimum Gasteiger partial charge on any atom is -0.497 e. The predicted octanol–water partition coefficient (Wildman–Crippen LogP) is 4.88. The molecular weight excluding hydrogens is 340 g/mol. The second-order valence-corrected chi connectivity index (χ2v) is 7.38. The van der Waals surface area contributed by atoms with Gasteiger partial charge in [0.05, 0.1) is 18.6 Å². The van der Waals surface area contributed by atoms with Gasteiger partial charge in [0.25, 0.3) is 0 Å². The van der Waals surface area contributed by atoms with Crippen molar-refractivity contribution in [3.63, 3.8) is 0 Å². The number of methoxy groups -OCH3 is 1. The van der Waals surface area contributed by atoms with Gasteiger partial charge in [0, 0.05) is 22.8 Å². The summed E-state index contributed by atoms with van der Waals surface area (Å²) in [4.78, 5) is 16.2. The first-order valence-corrected chi connectivity index (χ1v) is 9.05. The van der Waals surface area contributed by atoms with Crippen molar-refractivity contribution >= 4 is 22.5 Å². The van der Waals surface area contributed by atoms with Crippen molar-refractivity contribution in [2.45, 2.75) is 39.2 Å². The van der Waals surface area contributed by atoms with Gasteiger partial charge in [0.15, 0.2) is 0 Å². The largest absolute Gasteiger partial charge is 0.497 e. The summed E-state index contributed by atoms with van der Waals surface area (Å²) in [6.45, 7) is 7.80. The van der Waals surface area contributed by atoms with Gasteiger partial charge in [-0.1, -0.05) is 0 Å². The lowest BCUT2D eigenvalue weighted by Crippen LogP contribution is -2.34. The van der Waals surface area contributed by atoms with E-state index < -0.39 is 5.41 Å². The van der Waals surface area contributed by atoms with Crippen molar-refractivity contribution in [2.24, 2.45) is 0 Å². The predicted molar refractivity (Wildman–Crippen MR) is 109 cm³/mol. The zero-order chi connectivity index (χ0) is 19.6. The summed E-state index contributed by atoms with van der Waals surface area (Å²) < 4.78 is 11.0. The van der Waals surface area contributed by atoms with Crippen LogP contribution < -0.4 is 14.8 Å². The standard InChI is InChI=1S/C22H26N2O3/c1-14(2)27-16-8-6-15(7-9-16)24-21(25)22(3,4)19-13-23-20-11-10-17(26-5)12-18(19)20/h6-14,23H,1-5H3,(H,24,25). The molecule has 1 aromatic heterocycles. The molecule has 5 heteroatoms. The van der Waals surface area contributed by atoms with Gasteiger partial charge < -0.3 is 19.8 Å². The zero-order valence-electron chi connectivity index (χ0n) is 16.4. The van der Waals surface area contributed by atoms with E-state index in [9.17, 15) is 4.79 Å². The van der Waals surface area contributed by atoms with Gasteiger partial charge in [-0.05, 0) is 75.7 Å². The molecule has 0 unspecified atom stereocenters. The van der Waals surface area contributed by atoms with Gasteiger partial charge in [-0.2, -0.15) is 0 Å². The van der Waals surface area contributed by atoms with Crippen LogP contribution in [0.2, 0.25) is 0 Å². The van der Waals surface area contributed by atoms with Gasteiger partial charge in [0.1, 0.15) is 11.5 Å². The molecule has 1 heterocycles. The maximum Gasteiger partial charge on any atom is 0.234 e. The van der Waals surface area contributed by atoms with Crippen LogP contribution in [0.3, 0.4) is 0 Å². The number of hydrogen-bond acceptors (Lipinski definition) is 3. The van der Waals surface area contributed by atoms with Crippen molar-refractivity contribution in [2.75, 3.05) is 12.4 Å². The molecular formula is C22H26N2O3. The van der Waals surface area contributed by atoms with E-state index in [0.29, 0.717) is 0 Å². The molecule has 3 aromatic rings. The molecule has 0 fully saturated rings. The lowest BCUT2D eigenvalue weighted by Gasteiger charge is -2.23. The quantitative estimate of drug-likeness (QED) is 0.653. The van der Waals surface area contributed by atoms with Crippen LogP contribution in [0.4, 0.5) is 5.69 Å². The number of amides is 1. The molecule has 3 rings (SSSR count). The van der Waals surface area contributed by atoms with Crippen molar-refractivity contribution in [3.8, 4) is 11.5 Å². The van der Waals surface area contributed by atoms with Crippen LogP contribution in [0, 0.1) is 0 Å². The Balaban J connectivity index is 1.83. The summed E-state index contributed by atoms with van der Waals surface area (Å²) >= 11 is 0. The van der Waals surface area contributed by atoms with Crippen molar-refractivity contribution in [1.29, 1.82) is 0 Å². The van der Waals surface area contributed by atoms with Crippen LogP contribution in [0.5, 0.6) is 11.5 Å². The van der Waals surface area contributed by atoms with E-state index in [1.165, 1.54) is 0 Å². The molecule has 5 nitrogen and oxygen atoms in total. The smallest absolute Gasteiger partial charge is 0.234 e. The molecule has 0 aliphatic carbocycles. The summed E-state index contributed by atoms with van der Waals surface area (Å²) in [5, 5.41) is 3.99. The summed E-state index contributed by atoms with van der Waals surface area (Å²) in [7, 11) is 1.64. The third kappa shape index (κ3) is 3.92. The highest BCUT2D eigenvalue weighted by atomic mass is 16.5. The molecule has 0 aliphatic rings. The highest BCUT2D eigenvalue weighted by Gasteiger charge is 2.32. The first-order valence-electron chi connectivity index (χ1n) is 9.05. The third-order valence-electron chi connectivity index (χ3n) is 4.61. The molecule has 142 valence electrons. The number of H-pyrrole nitrogens is 1. The number of aromatic nitrogens is 1. The van der Waals surface area contributed by atoms with E-state index in [0.717, 1.165) is 33.7 Å². The zero-order valence-corrected chi connectivity index (χ0v) is 16.4. The van der Waals surface area contributed by atoms with Crippen LogP contribution >= 0.6 is 0 Å². The van der Waals surface area contributed by atoms with Gasteiger partial charge in [-0.25, -0.2) is 0 Å². The number of anilines is 1. The Kier molecular flexibility index (Phi) is 5.13. The highest BCUT2D eigenvalue weighted by molar-refractivity contribution is 6.02. The molecule has 0 atom stereocenters. The molecule has 2 N–H and O–H groups in total. The van der Waals surface area contributed by atoms with E-state index in [-0.39, 0.29) is 12.0 Å². The molecule has 0 saturated heterocycles. The Morgan fingerprint density at radius 2 is 1.74 bits per heavy atom. The Morgan fingerprint density at radius 1 is 1.07 bits per heavy atom. The van der Waals surface area contributed by atoms with Crippen LogP contribution in [0.15, 0.2) is 48.7 Å². The van der Waals surface area contributed by atoms with Crippen molar-refractivity contribution < 1.29 is 14.3 Å². The number of carbonyl (C=O) groups is 1. The Labute approximate surface area is 159 Å². The summed E-state index contributed by atoms with van der Waals surface area (Å²) in [5.41, 5.74) is 1.91. The van der Waals surface area contributed by atoms with Crippen molar-refractivity contribution in [3.05, 3.63) is 54.2 Å². The lowest BCUT2D eigenvalue weighted by molar-refractivity contribution is -0.120. The minimum absolute atomic E-state index is 0.0799. The Hall–Kier alpha value is -2.95. The van der Waals surface area contributed by atoms with Crippen LogP contribution in [-0.2, 0) is 10.2 Å². The normalized spacial score (nSPS) is 11.6. The number of fused-ring (bicyclic) bond motifs is 1. The van der Waals surface area contributed by atoms with E-state index in [1.807, 2.05) is 76.4 Å². The first-order chi connectivity index (χ1) is 12.8. The highest BCUT2D eigenvalue weighted by Crippen LogP contribution is 2.33. The van der Waals surface area contributed by atoms with Crippen LogP contribution in [-0.4, -0.2) is 24.1 Å². The fourth-order valence-electron chi connectivity index (χ4n) is 3.04. The second kappa shape index (κ2) is 7.35. The van der Waals surface area contributed by atoms with Crippen LogP contribution in [0.1, 0.15) is 33.3 Å². The monoisotopic (exact) mass is 366 g/mol. The molecule has 0 radical (unpaired) electrons. The summed E-state index contributed by atoms with van der Waals surface area (Å²) in [6.07, 6.45) is 2.01. The van der Waals surface area contributed by atoms with E-state index in [4.69, 9.17) is 9.47 Å². The number of ether oxygens (including phenoxy) is 2. The Morgan fingerprint density at radius 3 is 2.37 bits per heavy atom. The van der Waals surface area contributed by atoms with E-state index in [2.05, 4.69) is 10.3 Å². The summed E-state index contributed by atoms with van der Waals surface area (Å²) in [6, 6.07) is 13.2. The van der Waals surface area contributed by atoms with Gasteiger partial charge in [0.2, 0.25) is 5.91 Å². The SMILES string of the molecule is COc1ccc2[nH]cc(C(C)(C)C(=O)Nc3ccc(OC(C)C)cc3)c2c1. The maximum absolute atomic E-state index is 13.0. The second-order valence-electron chi connectivity index (χ2n) is 7.38. The average molecular weight is 366 g/mol. The van der Waals surface area contributed by atoms with Crippen LogP contribution in [0.25, 0.3) is 10.9 Å².